The molecule has 1 aliphatic rings. The Morgan fingerprint density at radius 1 is 0.976 bits per heavy atom. The van der Waals surface area contributed by atoms with Gasteiger partial charge in [-0.1, -0.05) is 83.9 Å². The Morgan fingerprint density at radius 2 is 1.71 bits per heavy atom. The average Bonchev–Trinajstić information content (AvgIpc) is 3.33. The zero-order valence-electron chi connectivity index (χ0n) is 25.8. The molecule has 1 saturated carbocycles. The number of carbonyl (C=O) groups is 1. The monoisotopic (exact) mass is 582 g/mol. The molecule has 0 bridgehead atoms. The van der Waals surface area contributed by atoms with Crippen LogP contribution in [0, 0.1) is 11.2 Å². The van der Waals surface area contributed by atoms with Gasteiger partial charge in [0, 0.05) is 11.1 Å². The van der Waals surface area contributed by atoms with E-state index in [1.807, 2.05) is 43.3 Å². The predicted octanol–water partition coefficient (Wildman–Crippen LogP) is 10.8. The van der Waals surface area contributed by atoms with Crippen LogP contribution in [0.15, 0.2) is 60.7 Å². The quantitative estimate of drug-likeness (QED) is 0.223. The van der Waals surface area contributed by atoms with Crippen molar-refractivity contribution in [3.8, 4) is 16.9 Å². The zero-order chi connectivity index (χ0) is 30.9. The second-order valence-electron chi connectivity index (χ2n) is 11.8. The highest BCUT2D eigenvalue weighted by Gasteiger charge is 2.37. The molecule has 0 N–H and O–H groups in total. The summed E-state index contributed by atoms with van der Waals surface area (Å²) in [6.07, 6.45) is 2.76. The molecule has 3 nitrogen and oxygen atoms in total. The topological polar surface area (TPSA) is 35.5 Å². The average molecular weight is 583 g/mol. The minimum Gasteiger partial charge on any atom is -0.489 e. The molecular formula is C36H45F3O3. The number of alkyl halides is 2. The molecule has 1 fully saturated rings. The number of esters is 1. The zero-order valence-corrected chi connectivity index (χ0v) is 25.8. The molecule has 0 saturated heterocycles. The van der Waals surface area contributed by atoms with Crippen LogP contribution < -0.4 is 4.74 Å². The summed E-state index contributed by atoms with van der Waals surface area (Å²) in [6, 6.07) is 17.1. The van der Waals surface area contributed by atoms with Gasteiger partial charge >= 0.3 is 5.97 Å². The first-order valence-electron chi connectivity index (χ1n) is 15.0. The number of carbonyl (C=O) groups excluding carboxylic acids is 1. The third kappa shape index (κ3) is 8.39. The standard InChI is InChI=1S/C33H37F3O3.C3H8/c1-5-22(19-31(37)38-4)23-8-6-9-25(17-23)39-20-21-11-13-26(27(16-21)29-10-7-15-33(29,2)3)28-18-24(32(35)36)12-14-30(28)34;1-3-2/h6,8-9,11-14,16-18,22,29,32H,5,7,10,15,19-20H2,1-4H3;3H2,1-2H3/t22-,29+;/m1./s1. The summed E-state index contributed by atoms with van der Waals surface area (Å²) in [5.41, 5.74) is 3.60. The Bertz CT molecular complexity index is 1320. The van der Waals surface area contributed by atoms with Crippen LogP contribution in [0.3, 0.4) is 0 Å². The first kappa shape index (κ1) is 33.2. The van der Waals surface area contributed by atoms with Gasteiger partial charge in [0.25, 0.3) is 6.43 Å². The molecule has 0 radical (unpaired) electrons. The summed E-state index contributed by atoms with van der Waals surface area (Å²) < 4.78 is 52.9. The van der Waals surface area contributed by atoms with E-state index in [1.165, 1.54) is 19.6 Å². The van der Waals surface area contributed by atoms with Gasteiger partial charge < -0.3 is 9.47 Å². The highest BCUT2D eigenvalue weighted by Crippen LogP contribution is 2.51. The minimum atomic E-state index is -2.67. The number of benzene rings is 3. The van der Waals surface area contributed by atoms with Crippen molar-refractivity contribution >= 4 is 5.97 Å². The van der Waals surface area contributed by atoms with Crippen molar-refractivity contribution in [3.63, 3.8) is 0 Å². The molecule has 42 heavy (non-hydrogen) atoms. The van der Waals surface area contributed by atoms with Gasteiger partial charge in [-0.3, -0.25) is 4.79 Å². The molecule has 0 amide bonds. The van der Waals surface area contributed by atoms with E-state index in [1.54, 1.807) is 0 Å². The summed E-state index contributed by atoms with van der Waals surface area (Å²) >= 11 is 0. The van der Waals surface area contributed by atoms with E-state index in [9.17, 15) is 18.0 Å². The van der Waals surface area contributed by atoms with Crippen molar-refractivity contribution in [3.05, 3.63) is 88.7 Å². The Labute approximate surface area is 249 Å². The predicted molar refractivity (Wildman–Crippen MR) is 164 cm³/mol. The molecular weight excluding hydrogens is 537 g/mol. The third-order valence-corrected chi connectivity index (χ3v) is 8.15. The number of halogens is 3. The summed E-state index contributed by atoms with van der Waals surface area (Å²) in [7, 11) is 1.39. The maximum atomic E-state index is 15.0. The van der Waals surface area contributed by atoms with E-state index in [2.05, 4.69) is 33.8 Å². The molecule has 0 aliphatic heterocycles. The highest BCUT2D eigenvalue weighted by molar-refractivity contribution is 5.71. The van der Waals surface area contributed by atoms with Crippen LogP contribution >= 0.6 is 0 Å². The smallest absolute Gasteiger partial charge is 0.306 e. The van der Waals surface area contributed by atoms with Crippen molar-refractivity contribution in [2.45, 2.75) is 98.0 Å². The number of methoxy groups -OCH3 is 1. The minimum absolute atomic E-state index is 0.00810. The van der Waals surface area contributed by atoms with Gasteiger partial charge in [0.15, 0.2) is 0 Å². The summed E-state index contributed by atoms with van der Waals surface area (Å²) in [4.78, 5) is 11.8. The van der Waals surface area contributed by atoms with E-state index in [0.717, 1.165) is 54.5 Å². The summed E-state index contributed by atoms with van der Waals surface area (Å²) in [6.45, 7) is 11.0. The van der Waals surface area contributed by atoms with Gasteiger partial charge in [0.05, 0.1) is 13.5 Å². The molecule has 2 atom stereocenters. The van der Waals surface area contributed by atoms with Crippen LogP contribution in [0.4, 0.5) is 13.2 Å². The van der Waals surface area contributed by atoms with E-state index in [4.69, 9.17) is 9.47 Å². The van der Waals surface area contributed by atoms with Gasteiger partial charge in [-0.25, -0.2) is 13.2 Å². The maximum Gasteiger partial charge on any atom is 0.306 e. The SMILES string of the molecule is CCC.CC[C@H](CC(=O)OC)c1cccc(OCc2ccc(-c3cc(C(F)F)ccc3F)c([C@@H]3CCCC3(C)C)c2)c1. The molecule has 0 spiro atoms. The van der Waals surface area contributed by atoms with Crippen molar-refractivity contribution in [2.24, 2.45) is 5.41 Å². The molecule has 6 heteroatoms. The van der Waals surface area contributed by atoms with Crippen LogP contribution in [0.5, 0.6) is 5.75 Å². The highest BCUT2D eigenvalue weighted by atomic mass is 19.3. The first-order chi connectivity index (χ1) is 20.0. The van der Waals surface area contributed by atoms with E-state index in [0.29, 0.717) is 24.3 Å². The Hall–Kier alpha value is -3.28. The third-order valence-electron chi connectivity index (χ3n) is 8.15. The fraction of sp³-hybridized carbons (Fsp3) is 0.472. The fourth-order valence-corrected chi connectivity index (χ4v) is 5.83. The maximum absolute atomic E-state index is 15.0. The molecule has 228 valence electrons. The van der Waals surface area contributed by atoms with E-state index in [-0.39, 0.29) is 34.3 Å². The molecule has 1 aliphatic carbocycles. The lowest BCUT2D eigenvalue weighted by Gasteiger charge is -2.30. The Kier molecular flexibility index (Phi) is 12.1. The van der Waals surface area contributed by atoms with Gasteiger partial charge in [0.1, 0.15) is 18.2 Å². The van der Waals surface area contributed by atoms with Crippen LogP contribution in [0.2, 0.25) is 0 Å². The van der Waals surface area contributed by atoms with Gasteiger partial charge in [-0.15, -0.1) is 0 Å². The molecule has 3 aromatic carbocycles. The van der Waals surface area contributed by atoms with E-state index >= 15 is 0 Å². The Balaban J connectivity index is 0.00000155. The summed E-state index contributed by atoms with van der Waals surface area (Å²) in [5, 5.41) is 0. The van der Waals surface area contributed by atoms with Gasteiger partial charge in [-0.05, 0) is 83.0 Å². The molecule has 4 rings (SSSR count). The summed E-state index contributed by atoms with van der Waals surface area (Å²) in [5.74, 6) is 0.156. The molecule has 0 aromatic heterocycles. The lowest BCUT2D eigenvalue weighted by molar-refractivity contribution is -0.141. The van der Waals surface area contributed by atoms with Crippen molar-refractivity contribution in [1.29, 1.82) is 0 Å². The molecule has 0 heterocycles. The number of rotatable bonds is 10. The van der Waals surface area contributed by atoms with Crippen molar-refractivity contribution in [2.75, 3.05) is 7.11 Å². The van der Waals surface area contributed by atoms with E-state index < -0.39 is 12.2 Å². The van der Waals surface area contributed by atoms with Crippen LogP contribution in [0.1, 0.15) is 114 Å². The second-order valence-corrected chi connectivity index (χ2v) is 11.8. The van der Waals surface area contributed by atoms with Crippen molar-refractivity contribution < 1.29 is 27.4 Å². The van der Waals surface area contributed by atoms with Gasteiger partial charge in [-0.2, -0.15) is 0 Å². The number of hydrogen-bond acceptors (Lipinski definition) is 3. The number of ether oxygens (including phenoxy) is 2. The largest absolute Gasteiger partial charge is 0.489 e. The molecule has 0 unspecified atom stereocenters. The Morgan fingerprint density at radius 3 is 2.33 bits per heavy atom. The first-order valence-corrected chi connectivity index (χ1v) is 15.0. The van der Waals surface area contributed by atoms with Crippen LogP contribution in [-0.2, 0) is 16.1 Å². The normalized spacial score (nSPS) is 16.5. The second kappa shape index (κ2) is 15.3. The number of hydrogen-bond donors (Lipinski definition) is 0. The van der Waals surface area contributed by atoms with Gasteiger partial charge in [0.2, 0.25) is 0 Å². The lowest BCUT2D eigenvalue weighted by Crippen LogP contribution is -2.17. The van der Waals surface area contributed by atoms with Crippen LogP contribution in [0.25, 0.3) is 11.1 Å². The molecule has 3 aromatic rings. The van der Waals surface area contributed by atoms with Crippen molar-refractivity contribution in [1.82, 2.24) is 0 Å². The fourth-order valence-electron chi connectivity index (χ4n) is 5.83. The van der Waals surface area contributed by atoms with Crippen LogP contribution in [-0.4, -0.2) is 13.1 Å². The lowest BCUT2D eigenvalue weighted by atomic mass is 9.75.